The number of fused-ring (bicyclic) bond motifs is 1. The summed E-state index contributed by atoms with van der Waals surface area (Å²) in [6, 6.07) is 0. The van der Waals surface area contributed by atoms with Gasteiger partial charge in [-0.2, -0.15) is 0 Å². The van der Waals surface area contributed by atoms with Crippen LogP contribution in [0.5, 0.6) is 0 Å². The van der Waals surface area contributed by atoms with E-state index in [1.54, 1.807) is 6.08 Å². The van der Waals surface area contributed by atoms with Crippen molar-refractivity contribution < 1.29 is 5.11 Å². The van der Waals surface area contributed by atoms with Crippen molar-refractivity contribution in [3.05, 3.63) is 42.1 Å². The van der Waals surface area contributed by atoms with Gasteiger partial charge < -0.3 is 5.11 Å². The monoisotopic (exact) mass is 146 g/mol. The third kappa shape index (κ3) is 1.23. The van der Waals surface area contributed by atoms with Crippen LogP contribution in [0.15, 0.2) is 35.6 Å². The lowest BCUT2D eigenvalue weighted by molar-refractivity contribution is 0.367. The Hall–Kier alpha value is -0.980. The molecule has 0 aliphatic heterocycles. The first-order valence-corrected chi connectivity index (χ1v) is 3.86. The van der Waals surface area contributed by atoms with Gasteiger partial charge in [-0.1, -0.05) is 23.8 Å². The molecular weight excluding hydrogens is 136 g/mol. The zero-order valence-electron chi connectivity index (χ0n) is 6.25. The second kappa shape index (κ2) is 2.57. The summed E-state index contributed by atoms with van der Waals surface area (Å²) in [5.41, 5.74) is 1.37. The fraction of sp³-hybridized carbons (Fsp3) is 0.300. The third-order valence-electron chi connectivity index (χ3n) is 2.12. The van der Waals surface area contributed by atoms with Gasteiger partial charge in [0.25, 0.3) is 0 Å². The van der Waals surface area contributed by atoms with Gasteiger partial charge in [0.05, 0.1) is 5.76 Å². The summed E-state index contributed by atoms with van der Waals surface area (Å²) in [7, 11) is 0. The fourth-order valence-corrected chi connectivity index (χ4v) is 1.48. The van der Waals surface area contributed by atoms with Gasteiger partial charge in [0.1, 0.15) is 0 Å². The minimum absolute atomic E-state index is 0.338. The smallest absolute Gasteiger partial charge is 0.0928 e. The second-order valence-electron chi connectivity index (χ2n) is 2.93. The zero-order chi connectivity index (χ0) is 7.68. The normalized spacial score (nSPS) is 28.9. The molecule has 1 atom stereocenters. The molecule has 2 rings (SSSR count). The van der Waals surface area contributed by atoms with Crippen molar-refractivity contribution in [1.82, 2.24) is 0 Å². The van der Waals surface area contributed by atoms with E-state index in [0.717, 1.165) is 12.8 Å². The Bertz CT molecular complexity index is 246. The van der Waals surface area contributed by atoms with Crippen LogP contribution in [0.3, 0.4) is 0 Å². The summed E-state index contributed by atoms with van der Waals surface area (Å²) in [4.78, 5) is 0. The first-order chi connectivity index (χ1) is 5.36. The van der Waals surface area contributed by atoms with Crippen molar-refractivity contribution in [2.24, 2.45) is 5.92 Å². The van der Waals surface area contributed by atoms with Gasteiger partial charge >= 0.3 is 0 Å². The summed E-state index contributed by atoms with van der Waals surface area (Å²) in [6.45, 7) is 0. The van der Waals surface area contributed by atoms with E-state index >= 15 is 0 Å². The van der Waals surface area contributed by atoms with Crippen LogP contribution < -0.4 is 0 Å². The summed E-state index contributed by atoms with van der Waals surface area (Å²) < 4.78 is 0. The van der Waals surface area contributed by atoms with E-state index in [1.807, 2.05) is 12.2 Å². The molecule has 0 amide bonds. The standard InChI is InChI=1S/C10H10O/c11-10-6-5-8-3-1-2-4-9(8)7-10/h1-2,5-6,9,11H,3,7H2. The minimum atomic E-state index is 0.338. The van der Waals surface area contributed by atoms with Crippen molar-refractivity contribution in [1.29, 1.82) is 0 Å². The predicted molar refractivity (Wildman–Crippen MR) is 43.9 cm³/mol. The van der Waals surface area contributed by atoms with Crippen molar-refractivity contribution in [2.75, 3.05) is 0 Å². The van der Waals surface area contributed by atoms with E-state index in [4.69, 9.17) is 0 Å². The van der Waals surface area contributed by atoms with Crippen LogP contribution in [0.2, 0.25) is 0 Å². The van der Waals surface area contributed by atoms with Gasteiger partial charge in [-0.05, 0) is 18.4 Å². The maximum absolute atomic E-state index is 9.20. The number of aliphatic hydroxyl groups excluding tert-OH is 1. The molecule has 56 valence electrons. The van der Waals surface area contributed by atoms with Crippen LogP contribution in [0.25, 0.3) is 0 Å². The average Bonchev–Trinajstić information content (AvgIpc) is 2.04. The fourth-order valence-electron chi connectivity index (χ4n) is 1.48. The van der Waals surface area contributed by atoms with Gasteiger partial charge in [0.15, 0.2) is 0 Å². The number of hydrogen-bond donors (Lipinski definition) is 1. The molecule has 2 aliphatic rings. The molecular formula is C10H10O. The SMILES string of the molecule is OC1=CC=C2CC=C[C]C2C1. The van der Waals surface area contributed by atoms with E-state index in [-0.39, 0.29) is 0 Å². The van der Waals surface area contributed by atoms with Crippen molar-refractivity contribution >= 4 is 0 Å². The molecule has 0 saturated carbocycles. The topological polar surface area (TPSA) is 20.2 Å². The summed E-state index contributed by atoms with van der Waals surface area (Å²) in [5, 5.41) is 9.20. The van der Waals surface area contributed by atoms with Gasteiger partial charge in [-0.25, -0.2) is 0 Å². The zero-order valence-corrected chi connectivity index (χ0v) is 6.25. The van der Waals surface area contributed by atoms with Crippen LogP contribution in [-0.2, 0) is 0 Å². The highest BCUT2D eigenvalue weighted by Gasteiger charge is 2.19. The lowest BCUT2D eigenvalue weighted by Gasteiger charge is -2.23. The van der Waals surface area contributed by atoms with Crippen LogP contribution in [0.1, 0.15) is 12.8 Å². The molecule has 2 radical (unpaired) electrons. The van der Waals surface area contributed by atoms with Crippen molar-refractivity contribution in [3.8, 4) is 0 Å². The summed E-state index contributed by atoms with van der Waals surface area (Å²) in [5.74, 6) is 0.812. The minimum Gasteiger partial charge on any atom is -0.512 e. The summed E-state index contributed by atoms with van der Waals surface area (Å²) in [6.07, 6.45) is 12.8. The Morgan fingerprint density at radius 2 is 2.36 bits per heavy atom. The molecule has 0 spiro atoms. The van der Waals surface area contributed by atoms with Gasteiger partial charge in [0.2, 0.25) is 0 Å². The van der Waals surface area contributed by atoms with Crippen molar-refractivity contribution in [3.63, 3.8) is 0 Å². The molecule has 1 unspecified atom stereocenters. The van der Waals surface area contributed by atoms with Crippen LogP contribution in [0.4, 0.5) is 0 Å². The largest absolute Gasteiger partial charge is 0.512 e. The molecule has 0 heterocycles. The maximum Gasteiger partial charge on any atom is 0.0928 e. The Balaban J connectivity index is 2.24. The Kier molecular flexibility index (Phi) is 1.57. The van der Waals surface area contributed by atoms with E-state index < -0.39 is 0 Å². The van der Waals surface area contributed by atoms with E-state index in [1.165, 1.54) is 5.57 Å². The first-order valence-electron chi connectivity index (χ1n) is 3.86. The second-order valence-corrected chi connectivity index (χ2v) is 2.93. The lowest BCUT2D eigenvalue weighted by Crippen LogP contribution is -2.11. The molecule has 0 bridgehead atoms. The number of aliphatic hydroxyl groups is 1. The van der Waals surface area contributed by atoms with E-state index in [2.05, 4.69) is 12.5 Å². The average molecular weight is 146 g/mol. The molecule has 0 aromatic carbocycles. The Morgan fingerprint density at radius 1 is 1.45 bits per heavy atom. The molecule has 2 aliphatic carbocycles. The quantitative estimate of drug-likeness (QED) is 0.556. The predicted octanol–water partition coefficient (Wildman–Crippen LogP) is 2.42. The molecule has 0 fully saturated rings. The molecule has 11 heavy (non-hydrogen) atoms. The molecule has 1 heteroatoms. The van der Waals surface area contributed by atoms with Gasteiger partial charge in [0, 0.05) is 12.8 Å². The summed E-state index contributed by atoms with van der Waals surface area (Å²) >= 11 is 0. The molecule has 1 nitrogen and oxygen atoms in total. The highest BCUT2D eigenvalue weighted by molar-refractivity contribution is 5.32. The Morgan fingerprint density at radius 3 is 3.27 bits per heavy atom. The lowest BCUT2D eigenvalue weighted by atomic mass is 9.83. The molecule has 0 aromatic rings. The number of hydrogen-bond acceptors (Lipinski definition) is 1. The van der Waals surface area contributed by atoms with Crippen LogP contribution >= 0.6 is 0 Å². The van der Waals surface area contributed by atoms with Crippen LogP contribution in [0, 0.1) is 12.3 Å². The van der Waals surface area contributed by atoms with E-state index in [0.29, 0.717) is 11.7 Å². The van der Waals surface area contributed by atoms with E-state index in [9.17, 15) is 5.11 Å². The molecule has 0 saturated heterocycles. The third-order valence-corrected chi connectivity index (χ3v) is 2.12. The molecule has 1 N–H and O–H groups in total. The number of rotatable bonds is 0. The maximum atomic E-state index is 9.20. The van der Waals surface area contributed by atoms with Crippen LogP contribution in [-0.4, -0.2) is 5.11 Å². The first kappa shape index (κ1) is 6.71. The highest BCUT2D eigenvalue weighted by atomic mass is 16.3. The molecule has 0 aromatic heterocycles. The van der Waals surface area contributed by atoms with Gasteiger partial charge in [-0.15, -0.1) is 0 Å². The number of allylic oxidation sites excluding steroid dienone is 6. The highest BCUT2D eigenvalue weighted by Crippen LogP contribution is 2.31. The van der Waals surface area contributed by atoms with Crippen molar-refractivity contribution in [2.45, 2.75) is 12.8 Å². The van der Waals surface area contributed by atoms with Gasteiger partial charge in [-0.3, -0.25) is 0 Å². The Labute approximate surface area is 66.7 Å².